The van der Waals surface area contributed by atoms with Gasteiger partial charge in [0.2, 0.25) is 0 Å². The molecule has 1 aliphatic rings. The first-order chi connectivity index (χ1) is 10.1. The Bertz CT molecular complexity index is 701. The van der Waals surface area contributed by atoms with E-state index in [0.29, 0.717) is 0 Å². The Morgan fingerprint density at radius 3 is 2.81 bits per heavy atom. The second-order valence-corrected chi connectivity index (χ2v) is 6.28. The second-order valence-electron chi connectivity index (χ2n) is 5.42. The van der Waals surface area contributed by atoms with Crippen LogP contribution in [0.3, 0.4) is 0 Å². The van der Waals surface area contributed by atoms with Gasteiger partial charge in [-0.05, 0) is 59.7 Å². The van der Waals surface area contributed by atoms with Gasteiger partial charge in [0.25, 0.3) is 0 Å². The molecule has 0 amide bonds. The summed E-state index contributed by atoms with van der Waals surface area (Å²) >= 11 is 3.10. The van der Waals surface area contributed by atoms with Crippen molar-refractivity contribution in [2.24, 2.45) is 0 Å². The molecule has 1 aromatic heterocycles. The smallest absolute Gasteiger partial charge is 0.150 e. The van der Waals surface area contributed by atoms with Crippen LogP contribution in [-0.2, 0) is 12.8 Å². The number of anilines is 1. The predicted octanol–water partition coefficient (Wildman–Crippen LogP) is 4.98. The van der Waals surface area contributed by atoms with Gasteiger partial charge in [0.05, 0.1) is 15.5 Å². The van der Waals surface area contributed by atoms with Gasteiger partial charge < -0.3 is 5.32 Å². The fraction of sp³-hybridized carbons (Fsp3) is 0.438. The van der Waals surface area contributed by atoms with Gasteiger partial charge >= 0.3 is 0 Å². The molecule has 0 aliphatic heterocycles. The normalized spacial score (nSPS) is 14.3. The third kappa shape index (κ3) is 2.52. The number of halogens is 3. The first-order valence-electron chi connectivity index (χ1n) is 7.36. The van der Waals surface area contributed by atoms with Crippen molar-refractivity contribution >= 4 is 32.5 Å². The number of nitrogens with zero attached hydrogens (tertiary/aromatic N) is 1. The molecule has 0 spiro atoms. The molecule has 0 unspecified atom stereocenters. The summed E-state index contributed by atoms with van der Waals surface area (Å²) in [7, 11) is 0. The fourth-order valence-corrected chi connectivity index (χ4v) is 3.34. The van der Waals surface area contributed by atoms with Crippen molar-refractivity contribution in [2.75, 3.05) is 11.9 Å². The zero-order valence-electron chi connectivity index (χ0n) is 11.9. The van der Waals surface area contributed by atoms with Crippen LogP contribution in [-0.4, -0.2) is 11.5 Å². The third-order valence-corrected chi connectivity index (χ3v) is 4.51. The van der Waals surface area contributed by atoms with Gasteiger partial charge in [-0.3, -0.25) is 0 Å². The van der Waals surface area contributed by atoms with E-state index < -0.39 is 11.6 Å². The molecule has 3 rings (SSSR count). The Hall–Kier alpha value is -1.23. The number of fused-ring (bicyclic) bond motifs is 2. The molecule has 0 radical (unpaired) electrons. The molecule has 0 bridgehead atoms. The highest BCUT2D eigenvalue weighted by Crippen LogP contribution is 2.37. The highest BCUT2D eigenvalue weighted by molar-refractivity contribution is 9.10. The minimum absolute atomic E-state index is 0.134. The number of nitrogens with one attached hydrogen (secondary N) is 1. The maximum Gasteiger partial charge on any atom is 0.150 e. The molecule has 21 heavy (non-hydrogen) atoms. The topological polar surface area (TPSA) is 24.9 Å². The van der Waals surface area contributed by atoms with E-state index in [1.54, 1.807) is 0 Å². The number of hydrogen-bond acceptors (Lipinski definition) is 2. The van der Waals surface area contributed by atoms with Gasteiger partial charge in [-0.2, -0.15) is 0 Å². The molecule has 0 saturated carbocycles. The largest absolute Gasteiger partial charge is 0.384 e. The first kappa shape index (κ1) is 14.7. The number of aryl methyl sites for hydroxylation is 1. The predicted molar refractivity (Wildman–Crippen MR) is 84.8 cm³/mol. The van der Waals surface area contributed by atoms with Gasteiger partial charge in [-0.1, -0.05) is 6.92 Å². The van der Waals surface area contributed by atoms with Crippen molar-refractivity contribution in [3.05, 3.63) is 33.4 Å². The lowest BCUT2D eigenvalue weighted by Crippen LogP contribution is -2.13. The van der Waals surface area contributed by atoms with Gasteiger partial charge in [-0.25, -0.2) is 13.8 Å². The Kier molecular flexibility index (Phi) is 4.11. The lowest BCUT2D eigenvalue weighted by molar-refractivity contribution is 0.606. The Morgan fingerprint density at radius 1 is 1.29 bits per heavy atom. The van der Waals surface area contributed by atoms with Gasteiger partial charge in [0.15, 0.2) is 5.82 Å². The quantitative estimate of drug-likeness (QED) is 0.786. The van der Waals surface area contributed by atoms with E-state index >= 15 is 0 Å². The average Bonchev–Trinajstić information content (AvgIpc) is 2.49. The van der Waals surface area contributed by atoms with E-state index in [1.807, 2.05) is 0 Å². The minimum Gasteiger partial charge on any atom is -0.384 e. The first-order valence-corrected chi connectivity index (χ1v) is 8.15. The van der Waals surface area contributed by atoms with Crippen LogP contribution < -0.4 is 5.32 Å². The van der Waals surface area contributed by atoms with Crippen LogP contribution in [0.5, 0.6) is 0 Å². The molecule has 1 aromatic carbocycles. The van der Waals surface area contributed by atoms with E-state index in [1.165, 1.54) is 0 Å². The van der Waals surface area contributed by atoms with Gasteiger partial charge in [-0.15, -0.1) is 0 Å². The molecule has 112 valence electrons. The van der Waals surface area contributed by atoms with E-state index in [4.69, 9.17) is 0 Å². The zero-order chi connectivity index (χ0) is 15.0. The van der Waals surface area contributed by atoms with E-state index in [0.717, 1.165) is 61.7 Å². The van der Waals surface area contributed by atoms with Crippen LogP contribution in [0.25, 0.3) is 10.9 Å². The molecule has 5 heteroatoms. The molecular weight excluding hydrogens is 338 g/mol. The monoisotopic (exact) mass is 354 g/mol. The summed E-state index contributed by atoms with van der Waals surface area (Å²) in [6.45, 7) is 2.79. The molecule has 1 aliphatic carbocycles. The van der Waals surface area contributed by atoms with Crippen molar-refractivity contribution in [1.82, 2.24) is 4.98 Å². The standard InChI is InChI=1S/C16H17BrF2N2/c1-2-7-20-15-9-5-3-4-6-12(9)21-16-11(18)8-10(17)14(19)13(15)16/h8H,2-7H2,1H3,(H,20,21). The van der Waals surface area contributed by atoms with Crippen LogP contribution in [0.2, 0.25) is 0 Å². The van der Waals surface area contributed by atoms with Crippen molar-refractivity contribution < 1.29 is 8.78 Å². The zero-order valence-corrected chi connectivity index (χ0v) is 13.5. The summed E-state index contributed by atoms with van der Waals surface area (Å²) in [5, 5.41) is 3.57. The summed E-state index contributed by atoms with van der Waals surface area (Å²) in [6.07, 6.45) is 4.76. The summed E-state index contributed by atoms with van der Waals surface area (Å²) < 4.78 is 28.9. The van der Waals surface area contributed by atoms with Crippen molar-refractivity contribution in [3.63, 3.8) is 0 Å². The number of pyridine rings is 1. The SMILES string of the molecule is CCCNc1c2c(nc3c(F)cc(Br)c(F)c13)CCCC2. The number of hydrogen-bond donors (Lipinski definition) is 1. The van der Waals surface area contributed by atoms with Crippen LogP contribution in [0.15, 0.2) is 10.5 Å². The van der Waals surface area contributed by atoms with Crippen molar-refractivity contribution in [1.29, 1.82) is 0 Å². The average molecular weight is 355 g/mol. The fourth-order valence-electron chi connectivity index (χ4n) is 2.94. The minimum atomic E-state index is -0.480. The molecule has 2 nitrogen and oxygen atoms in total. The third-order valence-electron chi connectivity index (χ3n) is 3.93. The molecule has 1 N–H and O–H groups in total. The van der Waals surface area contributed by atoms with Crippen LogP contribution >= 0.6 is 15.9 Å². The highest BCUT2D eigenvalue weighted by atomic mass is 79.9. The molecule has 0 atom stereocenters. The second kappa shape index (κ2) is 5.87. The molecule has 0 fully saturated rings. The van der Waals surface area contributed by atoms with E-state index in [2.05, 4.69) is 33.2 Å². The highest BCUT2D eigenvalue weighted by Gasteiger charge is 2.23. The van der Waals surface area contributed by atoms with Crippen molar-refractivity contribution in [2.45, 2.75) is 39.0 Å². The summed E-state index contributed by atoms with van der Waals surface area (Å²) in [5.74, 6) is -0.919. The van der Waals surface area contributed by atoms with Gasteiger partial charge in [0.1, 0.15) is 11.3 Å². The molecule has 0 saturated heterocycles. The molecular formula is C16H17BrF2N2. The van der Waals surface area contributed by atoms with Crippen LogP contribution in [0.1, 0.15) is 37.4 Å². The Balaban J connectivity index is 2.35. The Labute approximate surface area is 131 Å². The maximum atomic E-state index is 14.5. The van der Waals surface area contributed by atoms with Crippen molar-refractivity contribution in [3.8, 4) is 0 Å². The summed E-state index contributed by atoms with van der Waals surface area (Å²) in [4.78, 5) is 4.41. The van der Waals surface area contributed by atoms with E-state index in [-0.39, 0.29) is 15.4 Å². The lowest BCUT2D eigenvalue weighted by Gasteiger charge is -2.22. The number of rotatable bonds is 3. The van der Waals surface area contributed by atoms with Crippen LogP contribution in [0, 0.1) is 11.6 Å². The maximum absolute atomic E-state index is 14.5. The van der Waals surface area contributed by atoms with E-state index in [9.17, 15) is 8.78 Å². The van der Waals surface area contributed by atoms with Gasteiger partial charge in [0, 0.05) is 12.2 Å². The number of aromatic nitrogens is 1. The molecule has 2 aromatic rings. The lowest BCUT2D eigenvalue weighted by atomic mass is 9.92. The Morgan fingerprint density at radius 2 is 2.05 bits per heavy atom. The summed E-state index contributed by atoms with van der Waals surface area (Å²) in [6, 6.07) is 1.16. The molecule has 1 heterocycles. The van der Waals surface area contributed by atoms with Crippen LogP contribution in [0.4, 0.5) is 14.5 Å². The summed E-state index contributed by atoms with van der Waals surface area (Å²) in [5.41, 5.74) is 2.83. The number of benzene rings is 1.